The number of nitrogens with zero attached hydrogens (tertiary/aromatic N) is 3. The van der Waals surface area contributed by atoms with Crippen LogP contribution in [0.4, 0.5) is 5.82 Å². The van der Waals surface area contributed by atoms with Crippen LogP contribution in [0.2, 0.25) is 0 Å². The second-order valence-electron chi connectivity index (χ2n) is 7.94. The van der Waals surface area contributed by atoms with Gasteiger partial charge in [-0.05, 0) is 51.2 Å². The van der Waals surface area contributed by atoms with Gasteiger partial charge >= 0.3 is 0 Å². The minimum absolute atomic E-state index is 0.164. The van der Waals surface area contributed by atoms with Crippen molar-refractivity contribution >= 4 is 11.7 Å². The SMILES string of the molecule is Cc1cc(C)c(CNC(=O)c2ncnc(N3CCCC3C(C)C)c2C)c(=O)[nH]1. The van der Waals surface area contributed by atoms with E-state index in [1.807, 2.05) is 26.8 Å². The molecule has 0 aliphatic carbocycles. The third kappa shape index (κ3) is 3.93. The van der Waals surface area contributed by atoms with Crippen molar-refractivity contribution in [3.8, 4) is 0 Å². The number of aromatic amines is 1. The molecule has 1 saturated heterocycles. The van der Waals surface area contributed by atoms with E-state index in [4.69, 9.17) is 0 Å². The van der Waals surface area contributed by atoms with Crippen LogP contribution in [0.3, 0.4) is 0 Å². The zero-order chi connectivity index (χ0) is 20.4. The average molecular weight is 383 g/mol. The van der Waals surface area contributed by atoms with Gasteiger partial charge in [0.05, 0.1) is 0 Å². The molecule has 7 heteroatoms. The Morgan fingerprint density at radius 1 is 1.32 bits per heavy atom. The van der Waals surface area contributed by atoms with Gasteiger partial charge in [-0.25, -0.2) is 9.97 Å². The van der Waals surface area contributed by atoms with Gasteiger partial charge in [-0.15, -0.1) is 0 Å². The van der Waals surface area contributed by atoms with Crippen LogP contribution >= 0.6 is 0 Å². The fourth-order valence-corrected chi connectivity index (χ4v) is 4.06. The van der Waals surface area contributed by atoms with E-state index in [2.05, 4.69) is 39.0 Å². The molecule has 0 saturated carbocycles. The maximum absolute atomic E-state index is 12.8. The van der Waals surface area contributed by atoms with Crippen LogP contribution in [0, 0.1) is 26.7 Å². The van der Waals surface area contributed by atoms with Gasteiger partial charge in [0, 0.05) is 36.0 Å². The van der Waals surface area contributed by atoms with Gasteiger partial charge in [0.25, 0.3) is 11.5 Å². The molecule has 1 atom stereocenters. The van der Waals surface area contributed by atoms with Crippen LogP contribution in [0.5, 0.6) is 0 Å². The molecule has 2 aromatic heterocycles. The Hall–Kier alpha value is -2.70. The molecule has 28 heavy (non-hydrogen) atoms. The topological polar surface area (TPSA) is 91.0 Å². The normalized spacial score (nSPS) is 16.6. The predicted molar refractivity (Wildman–Crippen MR) is 110 cm³/mol. The predicted octanol–water partition coefficient (Wildman–Crippen LogP) is 2.64. The number of hydrogen-bond acceptors (Lipinski definition) is 5. The molecule has 1 fully saturated rings. The highest BCUT2D eigenvalue weighted by atomic mass is 16.2. The van der Waals surface area contributed by atoms with Crippen molar-refractivity contribution in [2.75, 3.05) is 11.4 Å². The smallest absolute Gasteiger partial charge is 0.270 e. The molecule has 1 aliphatic rings. The van der Waals surface area contributed by atoms with E-state index in [0.29, 0.717) is 23.2 Å². The van der Waals surface area contributed by atoms with Crippen LogP contribution < -0.4 is 15.8 Å². The van der Waals surface area contributed by atoms with Crippen LogP contribution in [0.15, 0.2) is 17.2 Å². The highest BCUT2D eigenvalue weighted by Crippen LogP contribution is 2.30. The molecule has 7 nitrogen and oxygen atoms in total. The molecule has 3 rings (SSSR count). The van der Waals surface area contributed by atoms with Crippen molar-refractivity contribution in [3.05, 3.63) is 50.8 Å². The Morgan fingerprint density at radius 3 is 2.75 bits per heavy atom. The fraction of sp³-hybridized carbons (Fsp3) is 0.524. The number of amides is 1. The zero-order valence-corrected chi connectivity index (χ0v) is 17.3. The highest BCUT2D eigenvalue weighted by Gasteiger charge is 2.30. The van der Waals surface area contributed by atoms with E-state index in [0.717, 1.165) is 42.0 Å². The molecule has 0 radical (unpaired) electrons. The summed E-state index contributed by atoms with van der Waals surface area (Å²) in [4.78, 5) is 38.7. The number of rotatable bonds is 5. The van der Waals surface area contributed by atoms with Crippen LogP contribution in [-0.4, -0.2) is 33.4 Å². The lowest BCUT2D eigenvalue weighted by Crippen LogP contribution is -2.35. The first-order valence-corrected chi connectivity index (χ1v) is 9.85. The van der Waals surface area contributed by atoms with E-state index in [1.165, 1.54) is 6.33 Å². The van der Waals surface area contributed by atoms with Gasteiger partial charge in [0.2, 0.25) is 0 Å². The summed E-state index contributed by atoms with van der Waals surface area (Å²) in [5.74, 6) is 1.06. The van der Waals surface area contributed by atoms with Gasteiger partial charge in [-0.2, -0.15) is 0 Å². The number of hydrogen-bond donors (Lipinski definition) is 2. The van der Waals surface area contributed by atoms with Crippen molar-refractivity contribution in [1.29, 1.82) is 0 Å². The lowest BCUT2D eigenvalue weighted by molar-refractivity contribution is 0.0945. The molecule has 1 unspecified atom stereocenters. The average Bonchev–Trinajstić information content (AvgIpc) is 3.10. The van der Waals surface area contributed by atoms with E-state index in [9.17, 15) is 9.59 Å². The first kappa shape index (κ1) is 20.0. The lowest BCUT2D eigenvalue weighted by atomic mass is 10.0. The molecule has 2 aromatic rings. The van der Waals surface area contributed by atoms with Crippen molar-refractivity contribution in [3.63, 3.8) is 0 Å². The summed E-state index contributed by atoms with van der Waals surface area (Å²) in [6.07, 6.45) is 3.72. The third-order valence-corrected chi connectivity index (χ3v) is 5.53. The van der Waals surface area contributed by atoms with E-state index in [1.54, 1.807) is 0 Å². The quantitative estimate of drug-likeness (QED) is 0.828. The van der Waals surface area contributed by atoms with Crippen LogP contribution in [-0.2, 0) is 6.54 Å². The number of anilines is 1. The van der Waals surface area contributed by atoms with E-state index < -0.39 is 0 Å². The number of aromatic nitrogens is 3. The lowest BCUT2D eigenvalue weighted by Gasteiger charge is -2.30. The van der Waals surface area contributed by atoms with E-state index >= 15 is 0 Å². The molecular weight excluding hydrogens is 354 g/mol. The molecule has 2 N–H and O–H groups in total. The third-order valence-electron chi connectivity index (χ3n) is 5.53. The largest absolute Gasteiger partial charge is 0.353 e. The Labute approximate surface area is 165 Å². The summed E-state index contributed by atoms with van der Waals surface area (Å²) >= 11 is 0. The monoisotopic (exact) mass is 383 g/mol. The van der Waals surface area contributed by atoms with Crippen LogP contribution in [0.25, 0.3) is 0 Å². The maximum Gasteiger partial charge on any atom is 0.270 e. The highest BCUT2D eigenvalue weighted by molar-refractivity contribution is 5.94. The number of pyridine rings is 1. The molecular formula is C21H29N5O2. The van der Waals surface area contributed by atoms with Crippen molar-refractivity contribution < 1.29 is 4.79 Å². The van der Waals surface area contributed by atoms with Gasteiger partial charge in [-0.3, -0.25) is 9.59 Å². The summed E-state index contributed by atoms with van der Waals surface area (Å²) in [6.45, 7) is 11.1. The van der Waals surface area contributed by atoms with E-state index in [-0.39, 0.29) is 18.0 Å². The second-order valence-corrected chi connectivity index (χ2v) is 7.94. The van der Waals surface area contributed by atoms with Gasteiger partial charge < -0.3 is 15.2 Å². The molecule has 0 bridgehead atoms. The number of H-pyrrole nitrogens is 1. The van der Waals surface area contributed by atoms with Gasteiger partial charge in [0.15, 0.2) is 0 Å². The Kier molecular flexibility index (Phi) is 5.82. The Morgan fingerprint density at radius 2 is 2.07 bits per heavy atom. The molecule has 0 aromatic carbocycles. The molecule has 3 heterocycles. The summed E-state index contributed by atoms with van der Waals surface area (Å²) in [6, 6.07) is 2.33. The summed E-state index contributed by atoms with van der Waals surface area (Å²) in [5, 5.41) is 2.84. The first-order valence-electron chi connectivity index (χ1n) is 9.85. The standard InChI is InChI=1S/C21H29N5O2/c1-12(2)17-7-6-8-26(17)19-15(5)18(23-11-24-19)21(28)22-10-16-13(3)9-14(4)25-20(16)27/h9,11-12,17H,6-8,10H2,1-5H3,(H,22,28)(H,25,27). The number of carbonyl (C=O) groups is 1. The summed E-state index contributed by atoms with van der Waals surface area (Å²) < 4.78 is 0. The Bertz CT molecular complexity index is 935. The molecule has 150 valence electrons. The number of aryl methyl sites for hydroxylation is 2. The minimum atomic E-state index is -0.291. The van der Waals surface area contributed by atoms with Crippen molar-refractivity contribution in [1.82, 2.24) is 20.3 Å². The fourth-order valence-electron chi connectivity index (χ4n) is 4.06. The zero-order valence-electron chi connectivity index (χ0n) is 17.3. The van der Waals surface area contributed by atoms with Crippen molar-refractivity contribution in [2.24, 2.45) is 5.92 Å². The number of carbonyl (C=O) groups excluding carboxylic acids is 1. The number of nitrogens with one attached hydrogen (secondary N) is 2. The van der Waals surface area contributed by atoms with Crippen LogP contribution in [0.1, 0.15) is 59.6 Å². The molecule has 1 amide bonds. The van der Waals surface area contributed by atoms with Crippen molar-refractivity contribution in [2.45, 2.75) is 60.0 Å². The molecule has 0 spiro atoms. The summed E-state index contributed by atoms with van der Waals surface area (Å²) in [7, 11) is 0. The maximum atomic E-state index is 12.8. The molecule has 1 aliphatic heterocycles. The Balaban J connectivity index is 1.81. The summed E-state index contributed by atoms with van der Waals surface area (Å²) in [5.41, 5.74) is 3.19. The first-order chi connectivity index (χ1) is 13.3. The van der Waals surface area contributed by atoms with Gasteiger partial charge in [-0.1, -0.05) is 13.8 Å². The van der Waals surface area contributed by atoms with Gasteiger partial charge in [0.1, 0.15) is 17.8 Å². The second kappa shape index (κ2) is 8.12. The minimum Gasteiger partial charge on any atom is -0.353 e.